The fourth-order valence-corrected chi connectivity index (χ4v) is 5.74. The van der Waals surface area contributed by atoms with Crippen molar-refractivity contribution in [1.82, 2.24) is 0 Å². The SMILES string of the molecule is COCc1c(Br)cccc1P(c1ccccc1)c1ccccc1. The monoisotopic (exact) mass is 384 g/mol. The Morgan fingerprint density at radius 2 is 1.35 bits per heavy atom. The Morgan fingerprint density at radius 1 is 0.783 bits per heavy atom. The Balaban J connectivity index is 2.19. The lowest BCUT2D eigenvalue weighted by Gasteiger charge is -2.22. The summed E-state index contributed by atoms with van der Waals surface area (Å²) in [4.78, 5) is 0. The molecular formula is C20H18BrOP. The first-order valence-electron chi connectivity index (χ1n) is 7.48. The van der Waals surface area contributed by atoms with Crippen molar-refractivity contribution in [2.45, 2.75) is 6.61 Å². The van der Waals surface area contributed by atoms with E-state index in [9.17, 15) is 0 Å². The molecular weight excluding hydrogens is 367 g/mol. The minimum Gasteiger partial charge on any atom is -0.380 e. The Morgan fingerprint density at radius 3 is 1.87 bits per heavy atom. The predicted octanol–water partition coefficient (Wildman–Crippen LogP) is 4.35. The van der Waals surface area contributed by atoms with E-state index in [0.29, 0.717) is 6.61 Å². The summed E-state index contributed by atoms with van der Waals surface area (Å²) in [7, 11) is 1.14. The lowest BCUT2D eigenvalue weighted by molar-refractivity contribution is 0.185. The van der Waals surface area contributed by atoms with Crippen LogP contribution in [0, 0.1) is 0 Å². The molecule has 0 aliphatic carbocycles. The van der Waals surface area contributed by atoms with E-state index in [4.69, 9.17) is 4.74 Å². The second-order valence-corrected chi connectivity index (χ2v) is 8.22. The van der Waals surface area contributed by atoms with E-state index >= 15 is 0 Å². The van der Waals surface area contributed by atoms with Gasteiger partial charge in [0.1, 0.15) is 0 Å². The van der Waals surface area contributed by atoms with Gasteiger partial charge in [-0.3, -0.25) is 0 Å². The number of halogens is 1. The quantitative estimate of drug-likeness (QED) is 0.594. The molecule has 0 N–H and O–H groups in total. The smallest absolute Gasteiger partial charge is 0.0730 e. The van der Waals surface area contributed by atoms with Crippen LogP contribution in [0.5, 0.6) is 0 Å². The van der Waals surface area contributed by atoms with Gasteiger partial charge in [-0.15, -0.1) is 0 Å². The molecule has 23 heavy (non-hydrogen) atoms. The van der Waals surface area contributed by atoms with E-state index in [0.717, 1.165) is 4.47 Å². The summed E-state index contributed by atoms with van der Waals surface area (Å²) in [5.74, 6) is 0. The first-order valence-corrected chi connectivity index (χ1v) is 9.61. The third-order valence-electron chi connectivity index (χ3n) is 3.65. The van der Waals surface area contributed by atoms with E-state index in [-0.39, 0.29) is 0 Å². The molecule has 0 saturated heterocycles. The maximum atomic E-state index is 5.45. The van der Waals surface area contributed by atoms with Crippen molar-refractivity contribution in [3.05, 3.63) is 88.9 Å². The van der Waals surface area contributed by atoms with Crippen molar-refractivity contribution >= 4 is 39.8 Å². The van der Waals surface area contributed by atoms with Crippen molar-refractivity contribution < 1.29 is 4.74 Å². The van der Waals surface area contributed by atoms with Crippen LogP contribution in [0.1, 0.15) is 5.56 Å². The van der Waals surface area contributed by atoms with Crippen LogP contribution < -0.4 is 15.9 Å². The first-order chi connectivity index (χ1) is 11.3. The summed E-state index contributed by atoms with van der Waals surface area (Å²) in [5, 5.41) is 4.04. The van der Waals surface area contributed by atoms with Gasteiger partial charge in [0.05, 0.1) is 6.61 Å². The van der Waals surface area contributed by atoms with Crippen LogP contribution in [-0.2, 0) is 11.3 Å². The van der Waals surface area contributed by atoms with Crippen molar-refractivity contribution in [3.63, 3.8) is 0 Å². The second kappa shape index (κ2) is 7.88. The fourth-order valence-electron chi connectivity index (χ4n) is 2.63. The molecule has 3 aromatic carbocycles. The Bertz CT molecular complexity index is 720. The number of hydrogen-bond acceptors (Lipinski definition) is 1. The largest absolute Gasteiger partial charge is 0.380 e. The van der Waals surface area contributed by atoms with Gasteiger partial charge in [-0.05, 0) is 29.9 Å². The molecule has 0 heterocycles. The van der Waals surface area contributed by atoms with Crippen molar-refractivity contribution in [3.8, 4) is 0 Å². The fraction of sp³-hybridized carbons (Fsp3) is 0.100. The van der Waals surface area contributed by atoms with E-state index in [1.807, 2.05) is 0 Å². The first kappa shape index (κ1) is 16.4. The highest BCUT2D eigenvalue weighted by Gasteiger charge is 2.20. The van der Waals surface area contributed by atoms with Gasteiger partial charge in [0.2, 0.25) is 0 Å². The molecule has 0 spiro atoms. The molecule has 116 valence electrons. The van der Waals surface area contributed by atoms with Gasteiger partial charge in [0.15, 0.2) is 0 Å². The van der Waals surface area contributed by atoms with Gasteiger partial charge >= 0.3 is 0 Å². The summed E-state index contributed by atoms with van der Waals surface area (Å²) >= 11 is 3.69. The topological polar surface area (TPSA) is 9.23 Å². The summed E-state index contributed by atoms with van der Waals surface area (Å²) in [6.07, 6.45) is 0. The maximum absolute atomic E-state index is 5.45. The number of rotatable bonds is 5. The van der Waals surface area contributed by atoms with Gasteiger partial charge in [0.25, 0.3) is 0 Å². The van der Waals surface area contributed by atoms with E-state index in [1.54, 1.807) is 7.11 Å². The van der Waals surface area contributed by atoms with Crippen LogP contribution in [0.2, 0.25) is 0 Å². The maximum Gasteiger partial charge on any atom is 0.0730 e. The zero-order valence-electron chi connectivity index (χ0n) is 12.9. The average molecular weight is 385 g/mol. The minimum absolute atomic E-state index is 0.605. The average Bonchev–Trinajstić information content (AvgIpc) is 2.60. The Labute approximate surface area is 147 Å². The predicted molar refractivity (Wildman–Crippen MR) is 104 cm³/mol. The Hall–Kier alpha value is -1.47. The number of methoxy groups -OCH3 is 1. The third kappa shape index (κ3) is 3.72. The highest BCUT2D eigenvalue weighted by Crippen LogP contribution is 2.35. The third-order valence-corrected chi connectivity index (χ3v) is 6.93. The molecule has 0 aromatic heterocycles. The molecule has 3 rings (SSSR count). The standard InChI is InChI=1S/C20H18BrOP/c1-22-15-18-19(21)13-8-14-20(18)23(16-9-4-2-5-10-16)17-11-6-3-7-12-17/h2-14H,15H2,1H3. The van der Waals surface area contributed by atoms with Crippen LogP contribution in [0.15, 0.2) is 83.3 Å². The molecule has 0 bridgehead atoms. The van der Waals surface area contributed by atoms with Crippen molar-refractivity contribution in [1.29, 1.82) is 0 Å². The normalized spacial score (nSPS) is 10.9. The van der Waals surface area contributed by atoms with Gasteiger partial charge in [-0.1, -0.05) is 88.7 Å². The van der Waals surface area contributed by atoms with E-state index in [2.05, 4.69) is 94.8 Å². The van der Waals surface area contributed by atoms with Gasteiger partial charge in [0, 0.05) is 17.1 Å². The number of benzene rings is 3. The zero-order chi connectivity index (χ0) is 16.1. The second-order valence-electron chi connectivity index (χ2n) is 5.18. The summed E-state index contributed by atoms with van der Waals surface area (Å²) in [5.41, 5.74) is 1.23. The summed E-state index contributed by atoms with van der Waals surface area (Å²) < 4.78 is 6.56. The van der Waals surface area contributed by atoms with Crippen LogP contribution in [0.25, 0.3) is 0 Å². The molecule has 0 radical (unpaired) electrons. The van der Waals surface area contributed by atoms with Crippen molar-refractivity contribution in [2.75, 3.05) is 7.11 Å². The molecule has 0 aliphatic heterocycles. The number of ether oxygens (including phenoxy) is 1. The van der Waals surface area contributed by atoms with Crippen LogP contribution in [0.3, 0.4) is 0 Å². The van der Waals surface area contributed by atoms with Gasteiger partial charge in [-0.2, -0.15) is 0 Å². The zero-order valence-corrected chi connectivity index (χ0v) is 15.4. The molecule has 1 nitrogen and oxygen atoms in total. The highest BCUT2D eigenvalue weighted by atomic mass is 79.9. The van der Waals surface area contributed by atoms with Crippen LogP contribution >= 0.6 is 23.9 Å². The van der Waals surface area contributed by atoms with E-state index in [1.165, 1.54) is 21.5 Å². The lowest BCUT2D eigenvalue weighted by atomic mass is 10.2. The number of hydrogen-bond donors (Lipinski definition) is 0. The highest BCUT2D eigenvalue weighted by molar-refractivity contribution is 9.10. The van der Waals surface area contributed by atoms with Crippen molar-refractivity contribution in [2.24, 2.45) is 0 Å². The molecule has 3 heteroatoms. The van der Waals surface area contributed by atoms with Crippen LogP contribution in [0.4, 0.5) is 0 Å². The molecule has 0 atom stereocenters. The molecule has 3 aromatic rings. The molecule has 0 amide bonds. The Kier molecular flexibility index (Phi) is 5.61. The molecule has 0 aliphatic rings. The van der Waals surface area contributed by atoms with Gasteiger partial charge in [-0.25, -0.2) is 0 Å². The molecule has 0 unspecified atom stereocenters. The minimum atomic E-state index is -0.605. The van der Waals surface area contributed by atoms with Crippen LogP contribution in [-0.4, -0.2) is 7.11 Å². The molecule has 0 fully saturated rings. The van der Waals surface area contributed by atoms with E-state index < -0.39 is 7.92 Å². The lowest BCUT2D eigenvalue weighted by Crippen LogP contribution is -2.23. The summed E-state index contributed by atoms with van der Waals surface area (Å²) in [6, 6.07) is 27.9. The van der Waals surface area contributed by atoms with Gasteiger partial charge < -0.3 is 4.74 Å². The summed E-state index contributed by atoms with van der Waals surface area (Å²) in [6.45, 7) is 0.606. The molecule has 0 saturated carbocycles.